The average molecular weight is 341 g/mol. The predicted molar refractivity (Wildman–Crippen MR) is 91.1 cm³/mol. The van der Waals surface area contributed by atoms with Gasteiger partial charge in [0.25, 0.3) is 5.91 Å². The summed E-state index contributed by atoms with van der Waals surface area (Å²) in [6.07, 6.45) is 5.21. The van der Waals surface area contributed by atoms with Crippen molar-refractivity contribution in [2.75, 3.05) is 0 Å². The van der Waals surface area contributed by atoms with E-state index in [1.165, 1.54) is 11.0 Å². The van der Waals surface area contributed by atoms with Crippen LogP contribution in [0.15, 0.2) is 30.5 Å². The van der Waals surface area contributed by atoms with Crippen LogP contribution in [0.5, 0.6) is 0 Å². The first-order valence-corrected chi connectivity index (χ1v) is 8.69. The second-order valence-electron chi connectivity index (χ2n) is 7.05. The lowest BCUT2D eigenvalue weighted by Crippen LogP contribution is -2.53. The SMILES string of the molecule is C[C@@H]1CCCC[C@@]12NC(=O)N(Cc1ccc(F)c3cccnc13)C2=O. The molecule has 6 heteroatoms. The lowest BCUT2D eigenvalue weighted by Gasteiger charge is -2.36. The predicted octanol–water partition coefficient (Wildman–Crippen LogP) is 3.37. The molecule has 4 rings (SSSR count). The number of nitrogens with zero attached hydrogens (tertiary/aromatic N) is 2. The van der Waals surface area contributed by atoms with E-state index in [0.717, 1.165) is 19.3 Å². The molecule has 1 N–H and O–H groups in total. The zero-order valence-electron chi connectivity index (χ0n) is 14.1. The van der Waals surface area contributed by atoms with Crippen LogP contribution in [-0.2, 0) is 11.3 Å². The summed E-state index contributed by atoms with van der Waals surface area (Å²) in [4.78, 5) is 31.1. The molecular formula is C19H20FN3O2. The van der Waals surface area contributed by atoms with Crippen molar-refractivity contribution in [3.63, 3.8) is 0 Å². The lowest BCUT2D eigenvalue weighted by atomic mass is 9.73. The number of hydrogen-bond donors (Lipinski definition) is 1. The fraction of sp³-hybridized carbons (Fsp3) is 0.421. The van der Waals surface area contributed by atoms with Gasteiger partial charge in [-0.3, -0.25) is 14.7 Å². The molecule has 130 valence electrons. The number of urea groups is 1. The highest BCUT2D eigenvalue weighted by Crippen LogP contribution is 2.38. The molecule has 0 unspecified atom stereocenters. The van der Waals surface area contributed by atoms with Crippen LogP contribution in [0.2, 0.25) is 0 Å². The maximum absolute atomic E-state index is 14.0. The molecule has 1 aromatic carbocycles. The van der Waals surface area contributed by atoms with E-state index >= 15 is 0 Å². The molecule has 0 radical (unpaired) electrons. The number of pyridine rings is 1. The molecule has 0 bridgehead atoms. The van der Waals surface area contributed by atoms with Gasteiger partial charge in [0.05, 0.1) is 12.1 Å². The van der Waals surface area contributed by atoms with Crippen LogP contribution < -0.4 is 5.32 Å². The van der Waals surface area contributed by atoms with Gasteiger partial charge < -0.3 is 5.32 Å². The molecule has 2 atom stereocenters. The van der Waals surface area contributed by atoms with Gasteiger partial charge in [-0.1, -0.05) is 25.8 Å². The van der Waals surface area contributed by atoms with Crippen molar-refractivity contribution in [1.82, 2.24) is 15.2 Å². The van der Waals surface area contributed by atoms with Crippen LogP contribution in [0.4, 0.5) is 9.18 Å². The minimum atomic E-state index is -0.779. The van der Waals surface area contributed by atoms with Gasteiger partial charge >= 0.3 is 6.03 Å². The number of aromatic nitrogens is 1. The fourth-order valence-electron chi connectivity index (χ4n) is 4.13. The smallest absolute Gasteiger partial charge is 0.323 e. The molecule has 1 saturated carbocycles. The molecule has 2 fully saturated rings. The highest BCUT2D eigenvalue weighted by molar-refractivity contribution is 6.07. The molecule has 2 aliphatic rings. The summed E-state index contributed by atoms with van der Waals surface area (Å²) in [5.74, 6) is -0.412. The Kier molecular flexibility index (Phi) is 3.71. The van der Waals surface area contributed by atoms with E-state index in [1.807, 2.05) is 6.92 Å². The molecule has 2 aromatic rings. The summed E-state index contributed by atoms with van der Waals surface area (Å²) in [5.41, 5.74) is 0.375. The monoisotopic (exact) mass is 341 g/mol. The Hall–Kier alpha value is -2.50. The van der Waals surface area contributed by atoms with Gasteiger partial charge in [0.1, 0.15) is 11.4 Å². The van der Waals surface area contributed by atoms with Crippen molar-refractivity contribution < 1.29 is 14.0 Å². The summed E-state index contributed by atoms with van der Waals surface area (Å²) in [6.45, 7) is 2.13. The summed E-state index contributed by atoms with van der Waals surface area (Å²) in [6, 6.07) is 5.91. The first-order chi connectivity index (χ1) is 12.0. The van der Waals surface area contributed by atoms with E-state index in [0.29, 0.717) is 22.9 Å². The third kappa shape index (κ3) is 2.39. The van der Waals surface area contributed by atoms with Crippen LogP contribution in [0, 0.1) is 11.7 Å². The Morgan fingerprint density at radius 1 is 1.32 bits per heavy atom. The standard InChI is InChI=1S/C19H20FN3O2/c1-12-5-2-3-9-19(12)17(24)23(18(25)22-19)11-13-7-8-15(20)14-6-4-10-21-16(13)14/h4,6-8,10,12H,2-3,5,9,11H2,1H3,(H,22,25)/t12-,19-/m1/s1. The quantitative estimate of drug-likeness (QED) is 0.852. The van der Waals surface area contributed by atoms with Crippen molar-refractivity contribution in [3.8, 4) is 0 Å². The lowest BCUT2D eigenvalue weighted by molar-refractivity contribution is -0.134. The van der Waals surface area contributed by atoms with Gasteiger partial charge in [-0.25, -0.2) is 9.18 Å². The maximum atomic E-state index is 14.0. The van der Waals surface area contributed by atoms with Crippen molar-refractivity contribution in [2.45, 2.75) is 44.7 Å². The van der Waals surface area contributed by atoms with E-state index in [4.69, 9.17) is 0 Å². The van der Waals surface area contributed by atoms with E-state index < -0.39 is 5.54 Å². The van der Waals surface area contributed by atoms with Crippen molar-refractivity contribution >= 4 is 22.8 Å². The number of nitrogens with one attached hydrogen (secondary N) is 1. The van der Waals surface area contributed by atoms with Crippen LogP contribution >= 0.6 is 0 Å². The molecule has 2 heterocycles. The van der Waals surface area contributed by atoms with Crippen molar-refractivity contribution in [1.29, 1.82) is 0 Å². The number of halogens is 1. The number of fused-ring (bicyclic) bond motifs is 1. The first-order valence-electron chi connectivity index (χ1n) is 8.69. The Labute approximate surface area is 145 Å². The molecule has 25 heavy (non-hydrogen) atoms. The normalized spacial score (nSPS) is 26.5. The summed E-state index contributed by atoms with van der Waals surface area (Å²) < 4.78 is 14.0. The molecule has 1 aliphatic carbocycles. The Balaban J connectivity index is 1.69. The number of carbonyl (C=O) groups is 2. The van der Waals surface area contributed by atoms with Crippen LogP contribution in [0.3, 0.4) is 0 Å². The van der Waals surface area contributed by atoms with E-state index in [-0.39, 0.29) is 30.2 Å². The second-order valence-corrected chi connectivity index (χ2v) is 7.05. The second kappa shape index (κ2) is 5.79. The van der Waals surface area contributed by atoms with Crippen molar-refractivity contribution in [3.05, 3.63) is 41.8 Å². The average Bonchev–Trinajstić information content (AvgIpc) is 2.85. The maximum Gasteiger partial charge on any atom is 0.325 e. The summed E-state index contributed by atoms with van der Waals surface area (Å²) in [5, 5.41) is 3.34. The number of rotatable bonds is 2. The van der Waals surface area contributed by atoms with E-state index in [1.54, 1.807) is 24.4 Å². The van der Waals surface area contributed by atoms with Crippen molar-refractivity contribution in [2.24, 2.45) is 5.92 Å². The number of carbonyl (C=O) groups excluding carboxylic acids is 2. The molecule has 1 spiro atoms. The third-order valence-electron chi connectivity index (χ3n) is 5.63. The number of imide groups is 1. The molecule has 1 aromatic heterocycles. The van der Waals surface area contributed by atoms with Crippen LogP contribution in [-0.4, -0.2) is 27.4 Å². The zero-order valence-corrected chi connectivity index (χ0v) is 14.1. The minimum absolute atomic E-state index is 0.104. The third-order valence-corrected chi connectivity index (χ3v) is 5.63. The minimum Gasteiger partial charge on any atom is -0.323 e. The van der Waals surface area contributed by atoms with Crippen LogP contribution in [0.1, 0.15) is 38.2 Å². The number of benzene rings is 1. The van der Waals surface area contributed by atoms with Crippen LogP contribution in [0.25, 0.3) is 10.9 Å². The Morgan fingerprint density at radius 2 is 2.16 bits per heavy atom. The molecule has 3 amide bonds. The van der Waals surface area contributed by atoms with Gasteiger partial charge in [0, 0.05) is 11.6 Å². The number of hydrogen-bond acceptors (Lipinski definition) is 3. The van der Waals surface area contributed by atoms with Gasteiger partial charge in [0.2, 0.25) is 0 Å². The van der Waals surface area contributed by atoms with Gasteiger partial charge in [-0.2, -0.15) is 0 Å². The van der Waals surface area contributed by atoms with Gasteiger partial charge in [-0.05, 0) is 42.5 Å². The Morgan fingerprint density at radius 3 is 2.96 bits per heavy atom. The topological polar surface area (TPSA) is 62.3 Å². The molecule has 1 aliphatic heterocycles. The highest BCUT2D eigenvalue weighted by Gasteiger charge is 2.54. The molecular weight excluding hydrogens is 321 g/mol. The van der Waals surface area contributed by atoms with E-state index in [9.17, 15) is 14.0 Å². The highest BCUT2D eigenvalue weighted by atomic mass is 19.1. The molecule has 1 saturated heterocycles. The molecule has 5 nitrogen and oxygen atoms in total. The Bertz CT molecular complexity index is 869. The zero-order chi connectivity index (χ0) is 17.6. The largest absolute Gasteiger partial charge is 0.325 e. The summed E-state index contributed by atoms with van der Waals surface area (Å²) in [7, 11) is 0. The first kappa shape index (κ1) is 16.0. The van der Waals surface area contributed by atoms with E-state index in [2.05, 4.69) is 10.3 Å². The number of amides is 3. The fourth-order valence-corrected chi connectivity index (χ4v) is 4.13. The van der Waals surface area contributed by atoms with Gasteiger partial charge in [-0.15, -0.1) is 0 Å². The summed E-state index contributed by atoms with van der Waals surface area (Å²) >= 11 is 0. The van der Waals surface area contributed by atoms with Gasteiger partial charge in [0.15, 0.2) is 0 Å².